The number of amides is 1. The molecule has 5 aliphatic rings. The fourth-order valence-corrected chi connectivity index (χ4v) is 11.6. The van der Waals surface area contributed by atoms with Crippen molar-refractivity contribution in [1.29, 1.82) is 0 Å². The van der Waals surface area contributed by atoms with E-state index < -0.39 is 5.54 Å². The predicted octanol–water partition coefficient (Wildman–Crippen LogP) is 6.24. The number of Topliss-reactive ketones (excluding diaryl/α,β-unsaturated/α-hetero) is 1. The number of fused-ring (bicyclic) bond motifs is 7. The lowest BCUT2D eigenvalue weighted by Crippen LogP contribution is -2.67. The summed E-state index contributed by atoms with van der Waals surface area (Å²) < 4.78 is 1.76. The van der Waals surface area contributed by atoms with Crippen molar-refractivity contribution in [1.82, 2.24) is 14.9 Å². The molecule has 4 saturated carbocycles. The summed E-state index contributed by atoms with van der Waals surface area (Å²) in [6, 6.07) is 0. The molecule has 40 heavy (non-hydrogen) atoms. The molecule has 6 rings (SSSR count). The molecule has 0 bridgehead atoms. The van der Waals surface area contributed by atoms with Gasteiger partial charge in [0, 0.05) is 25.9 Å². The number of nitrogens with zero attached hydrogens (tertiary/aromatic N) is 2. The Bertz CT molecular complexity index is 1280. The van der Waals surface area contributed by atoms with Crippen LogP contribution < -0.4 is 5.32 Å². The van der Waals surface area contributed by atoms with Gasteiger partial charge < -0.3 is 15.0 Å². The Kier molecular flexibility index (Phi) is 6.19. The number of aliphatic hydroxyl groups is 1. The van der Waals surface area contributed by atoms with Gasteiger partial charge in [-0.2, -0.15) is 0 Å². The Hall–Kier alpha value is -1.95. The molecule has 1 aromatic rings. The normalized spacial score (nSPS) is 44.1. The maximum atomic E-state index is 13.8. The Morgan fingerprint density at radius 2 is 1.73 bits per heavy atom. The first-order valence-electron chi connectivity index (χ1n) is 15.9. The molecule has 0 aromatic carbocycles. The number of hydrogen-bond acceptors (Lipinski definition) is 4. The topological polar surface area (TPSA) is 84.2 Å². The van der Waals surface area contributed by atoms with Crippen molar-refractivity contribution in [3.63, 3.8) is 0 Å². The van der Waals surface area contributed by atoms with Crippen LogP contribution in [-0.2, 0) is 11.8 Å². The minimum absolute atomic E-state index is 0.0572. The molecule has 5 unspecified atom stereocenters. The van der Waals surface area contributed by atoms with Crippen molar-refractivity contribution >= 4 is 11.7 Å². The van der Waals surface area contributed by atoms with Crippen LogP contribution in [0.25, 0.3) is 0 Å². The molecule has 6 heteroatoms. The first kappa shape index (κ1) is 28.2. The maximum absolute atomic E-state index is 13.8. The number of allylic oxidation sites excluding steroid dienone is 1. The van der Waals surface area contributed by atoms with Gasteiger partial charge in [0.15, 0.2) is 11.6 Å². The average molecular weight is 550 g/mol. The molecule has 5 aliphatic carbocycles. The van der Waals surface area contributed by atoms with E-state index in [1.165, 1.54) is 12.0 Å². The van der Waals surface area contributed by atoms with Gasteiger partial charge in [0.25, 0.3) is 5.91 Å². The van der Waals surface area contributed by atoms with E-state index in [2.05, 4.69) is 58.8 Å². The molecule has 8 atom stereocenters. The van der Waals surface area contributed by atoms with Crippen LogP contribution in [0, 0.1) is 45.3 Å². The molecule has 2 N–H and O–H groups in total. The number of ketones is 1. The molecule has 1 amide bonds. The Morgan fingerprint density at radius 3 is 2.38 bits per heavy atom. The van der Waals surface area contributed by atoms with Gasteiger partial charge >= 0.3 is 0 Å². The highest BCUT2D eigenvalue weighted by atomic mass is 16.3. The van der Waals surface area contributed by atoms with Gasteiger partial charge in [-0.05, 0) is 108 Å². The molecule has 6 nitrogen and oxygen atoms in total. The number of nitrogens with one attached hydrogen (secondary N) is 1. The van der Waals surface area contributed by atoms with Crippen molar-refractivity contribution in [2.75, 3.05) is 0 Å². The number of hydrogen-bond donors (Lipinski definition) is 2. The predicted molar refractivity (Wildman–Crippen MR) is 156 cm³/mol. The molecular weight excluding hydrogens is 498 g/mol. The number of aromatic nitrogens is 2. The highest BCUT2D eigenvalue weighted by molar-refractivity contribution is 6.03. The standard InChI is InChI=1S/C34H51N3O3/c1-20(2)26-22(38)19-34(36-29(40)28-35-17-18-37(28)8)16-15-32(6)21(27(26)34)9-10-24-31(5)13-12-25(39)30(3,4)23(31)11-14-33(24,32)7/h17-18,20-21,23-25,39H,9-16,19H2,1-8H3,(H,36,40)/t21?,23?,24?,25-,31?,32+,33?,34+/m0/s1. The summed E-state index contributed by atoms with van der Waals surface area (Å²) in [5, 5.41) is 14.4. The molecule has 1 aromatic heterocycles. The van der Waals surface area contributed by atoms with Gasteiger partial charge in [-0.25, -0.2) is 4.98 Å². The van der Waals surface area contributed by atoms with E-state index in [1.807, 2.05) is 7.05 Å². The van der Waals surface area contributed by atoms with Crippen molar-refractivity contribution in [3.05, 3.63) is 29.4 Å². The smallest absolute Gasteiger partial charge is 0.287 e. The van der Waals surface area contributed by atoms with Gasteiger partial charge in [-0.15, -0.1) is 0 Å². The molecule has 0 saturated heterocycles. The number of aliphatic hydroxyl groups excluding tert-OH is 1. The number of carbonyl (C=O) groups is 2. The molecule has 0 spiro atoms. The van der Waals surface area contributed by atoms with Gasteiger partial charge in [0.1, 0.15) is 0 Å². The molecule has 0 aliphatic heterocycles. The third-order valence-corrected chi connectivity index (χ3v) is 13.8. The monoisotopic (exact) mass is 549 g/mol. The van der Waals surface area contributed by atoms with Crippen molar-refractivity contribution in [3.8, 4) is 0 Å². The highest BCUT2D eigenvalue weighted by Gasteiger charge is 2.70. The lowest BCUT2D eigenvalue weighted by atomic mass is 9.33. The molecule has 4 fully saturated rings. The quantitative estimate of drug-likeness (QED) is 0.467. The third kappa shape index (κ3) is 3.47. The van der Waals surface area contributed by atoms with E-state index >= 15 is 0 Å². The van der Waals surface area contributed by atoms with Crippen LogP contribution in [0.15, 0.2) is 23.5 Å². The van der Waals surface area contributed by atoms with Crippen LogP contribution in [0.3, 0.4) is 0 Å². The minimum Gasteiger partial charge on any atom is -0.393 e. The van der Waals surface area contributed by atoms with Gasteiger partial charge in [-0.3, -0.25) is 9.59 Å². The van der Waals surface area contributed by atoms with Crippen LogP contribution in [0.1, 0.15) is 117 Å². The largest absolute Gasteiger partial charge is 0.393 e. The average Bonchev–Trinajstić information content (AvgIpc) is 3.42. The van der Waals surface area contributed by atoms with Gasteiger partial charge in [0.05, 0.1) is 11.6 Å². The van der Waals surface area contributed by atoms with Crippen molar-refractivity contribution in [2.24, 2.45) is 52.4 Å². The molecular formula is C34H51N3O3. The van der Waals surface area contributed by atoms with E-state index in [1.54, 1.807) is 17.0 Å². The van der Waals surface area contributed by atoms with E-state index in [9.17, 15) is 14.7 Å². The van der Waals surface area contributed by atoms with Crippen LogP contribution in [0.2, 0.25) is 0 Å². The fourth-order valence-electron chi connectivity index (χ4n) is 11.6. The molecule has 220 valence electrons. The Morgan fingerprint density at radius 1 is 1.00 bits per heavy atom. The van der Waals surface area contributed by atoms with Gasteiger partial charge in [-0.1, -0.05) is 48.5 Å². The summed E-state index contributed by atoms with van der Waals surface area (Å²) in [5.74, 6) is 1.99. The van der Waals surface area contributed by atoms with Crippen molar-refractivity contribution in [2.45, 2.75) is 118 Å². The molecule has 1 heterocycles. The maximum Gasteiger partial charge on any atom is 0.287 e. The van der Waals surface area contributed by atoms with E-state index in [4.69, 9.17) is 0 Å². The van der Waals surface area contributed by atoms with Crippen LogP contribution >= 0.6 is 0 Å². The number of imidazole rings is 1. The van der Waals surface area contributed by atoms with E-state index in [0.29, 0.717) is 24.1 Å². The van der Waals surface area contributed by atoms with Crippen molar-refractivity contribution < 1.29 is 14.7 Å². The molecule has 0 radical (unpaired) electrons. The SMILES string of the molecule is CC(C)C1=C2C3CCC4C5(C)CC[C@H](O)C(C)(C)C5CCC4(C)[C@]3(C)CC[C@@]2(NC(=O)c2nccn2C)CC1=O. The number of carbonyl (C=O) groups excluding carboxylic acids is 2. The fraction of sp³-hybridized carbons (Fsp3) is 0.794. The zero-order valence-corrected chi connectivity index (χ0v) is 26.1. The lowest BCUT2D eigenvalue weighted by molar-refractivity contribution is -0.226. The summed E-state index contributed by atoms with van der Waals surface area (Å²) in [7, 11) is 1.85. The lowest BCUT2D eigenvalue weighted by Gasteiger charge is -2.72. The second kappa shape index (κ2) is 8.78. The summed E-state index contributed by atoms with van der Waals surface area (Å²) in [5.41, 5.74) is 2.00. The van der Waals surface area contributed by atoms with E-state index in [0.717, 1.165) is 50.5 Å². The summed E-state index contributed by atoms with van der Waals surface area (Å²) in [6.45, 7) is 16.6. The summed E-state index contributed by atoms with van der Waals surface area (Å²) >= 11 is 0. The van der Waals surface area contributed by atoms with Crippen LogP contribution in [-0.4, -0.2) is 38.0 Å². The minimum atomic E-state index is -0.606. The summed E-state index contributed by atoms with van der Waals surface area (Å²) in [6.07, 6.45) is 12.0. The Balaban J connectivity index is 1.42. The number of aryl methyl sites for hydroxylation is 1. The van der Waals surface area contributed by atoms with Crippen LogP contribution in [0.5, 0.6) is 0 Å². The second-order valence-corrected chi connectivity index (χ2v) is 16.0. The third-order valence-electron chi connectivity index (χ3n) is 13.8. The number of rotatable bonds is 3. The first-order chi connectivity index (χ1) is 18.6. The second-order valence-electron chi connectivity index (χ2n) is 16.0. The Labute approximate surface area is 240 Å². The summed E-state index contributed by atoms with van der Waals surface area (Å²) in [4.78, 5) is 31.7. The van der Waals surface area contributed by atoms with Crippen LogP contribution in [0.4, 0.5) is 0 Å². The zero-order chi connectivity index (χ0) is 29.0. The van der Waals surface area contributed by atoms with Gasteiger partial charge in [0.2, 0.25) is 0 Å². The zero-order valence-electron chi connectivity index (χ0n) is 26.1. The first-order valence-corrected chi connectivity index (χ1v) is 15.9. The highest BCUT2D eigenvalue weighted by Crippen LogP contribution is 2.75. The van der Waals surface area contributed by atoms with E-state index in [-0.39, 0.29) is 51.3 Å².